The molecule has 0 saturated carbocycles. The molecule has 2 aromatic heterocycles. The molecule has 1 amide bonds. The molecule has 0 bridgehead atoms. The lowest BCUT2D eigenvalue weighted by Crippen LogP contribution is -2.33. The number of carbonyl (C=O) groups is 2. The molecule has 3 aromatic rings. The number of aliphatic hydroxyl groups excluding tert-OH is 1. The number of anilines is 1. The molecule has 0 spiro atoms. The van der Waals surface area contributed by atoms with E-state index in [0.717, 1.165) is 4.90 Å². The second kappa shape index (κ2) is 6.73. The Bertz CT molecular complexity index is 1110. The first-order valence-electron chi connectivity index (χ1n) is 8.38. The van der Waals surface area contributed by atoms with Crippen LogP contribution in [0.25, 0.3) is 0 Å². The van der Waals surface area contributed by atoms with E-state index < -0.39 is 29.3 Å². The number of nitrogens with zero attached hydrogens (tertiary/aromatic N) is 3. The quantitative estimate of drug-likeness (QED) is 0.699. The molecule has 1 aromatic carbocycles. The second-order valence-electron chi connectivity index (χ2n) is 6.15. The molecule has 0 fully saturated rings. The average Bonchev–Trinajstić information content (AvgIpc) is 3.24. The van der Waals surface area contributed by atoms with E-state index >= 15 is 0 Å². The number of amides is 1. The van der Waals surface area contributed by atoms with Crippen molar-refractivity contribution in [3.63, 3.8) is 0 Å². The van der Waals surface area contributed by atoms with E-state index in [1.165, 1.54) is 36.7 Å². The van der Waals surface area contributed by atoms with Crippen molar-refractivity contribution in [2.24, 2.45) is 0 Å². The molecule has 0 saturated heterocycles. The number of aromatic nitrogens is 2. The van der Waals surface area contributed by atoms with Gasteiger partial charge in [0.25, 0.3) is 5.91 Å². The van der Waals surface area contributed by atoms with Crippen LogP contribution in [0.4, 0.5) is 10.3 Å². The topological polar surface area (TPSA) is 96.5 Å². The van der Waals surface area contributed by atoms with Crippen LogP contribution in [0, 0.1) is 12.7 Å². The third-order valence-corrected chi connectivity index (χ3v) is 4.38. The van der Waals surface area contributed by atoms with E-state index in [4.69, 9.17) is 4.42 Å². The van der Waals surface area contributed by atoms with E-state index in [-0.39, 0.29) is 22.8 Å². The van der Waals surface area contributed by atoms with Crippen molar-refractivity contribution in [3.8, 4) is 0 Å². The third kappa shape index (κ3) is 2.75. The lowest BCUT2D eigenvalue weighted by molar-refractivity contribution is -0.117. The van der Waals surface area contributed by atoms with Crippen LogP contribution >= 0.6 is 0 Å². The van der Waals surface area contributed by atoms with Gasteiger partial charge in [-0.25, -0.2) is 14.4 Å². The Labute approximate surface area is 158 Å². The van der Waals surface area contributed by atoms with Crippen LogP contribution in [0.2, 0.25) is 0 Å². The highest BCUT2D eigenvalue weighted by molar-refractivity contribution is 6.19. The number of hydrogen-bond acceptors (Lipinski definition) is 6. The molecule has 4 rings (SSSR count). The van der Waals surface area contributed by atoms with Crippen molar-refractivity contribution in [2.45, 2.75) is 13.0 Å². The van der Waals surface area contributed by atoms with Gasteiger partial charge in [-0.05, 0) is 31.2 Å². The molecule has 3 heterocycles. The van der Waals surface area contributed by atoms with Gasteiger partial charge in [0, 0.05) is 18.0 Å². The van der Waals surface area contributed by atoms with Gasteiger partial charge >= 0.3 is 0 Å². The number of furan rings is 1. The molecule has 0 aliphatic carbocycles. The first-order chi connectivity index (χ1) is 13.5. The molecular weight excluding hydrogens is 365 g/mol. The number of carbonyl (C=O) groups excluding carboxylic acids is 2. The highest BCUT2D eigenvalue weighted by atomic mass is 19.1. The van der Waals surface area contributed by atoms with Crippen LogP contribution in [-0.2, 0) is 4.79 Å². The van der Waals surface area contributed by atoms with E-state index in [2.05, 4.69) is 9.97 Å². The fourth-order valence-corrected chi connectivity index (χ4v) is 3.14. The van der Waals surface area contributed by atoms with Crippen molar-refractivity contribution in [3.05, 3.63) is 89.1 Å². The van der Waals surface area contributed by atoms with Crippen LogP contribution in [0.15, 0.2) is 70.6 Å². The Morgan fingerprint density at radius 2 is 1.86 bits per heavy atom. The van der Waals surface area contributed by atoms with Crippen LogP contribution in [0.5, 0.6) is 0 Å². The summed E-state index contributed by atoms with van der Waals surface area (Å²) in [7, 11) is 0. The number of aryl methyl sites for hydroxylation is 1. The van der Waals surface area contributed by atoms with Gasteiger partial charge in [-0.3, -0.25) is 14.5 Å². The summed E-state index contributed by atoms with van der Waals surface area (Å²) >= 11 is 0. The average molecular weight is 379 g/mol. The number of ketones is 1. The highest BCUT2D eigenvalue weighted by Crippen LogP contribution is 2.41. The zero-order chi connectivity index (χ0) is 19.8. The SMILES string of the molecule is Cc1ccc(C(=O)C2=C(O)C(=O)N(c3ncccn3)[C@H]2c2ccccc2F)o1. The summed E-state index contributed by atoms with van der Waals surface area (Å²) in [4.78, 5) is 34.9. The Morgan fingerprint density at radius 1 is 1.14 bits per heavy atom. The molecule has 0 unspecified atom stereocenters. The van der Waals surface area contributed by atoms with Crippen molar-refractivity contribution < 1.29 is 23.5 Å². The number of benzene rings is 1. The maximum atomic E-state index is 14.6. The zero-order valence-corrected chi connectivity index (χ0v) is 14.7. The van der Waals surface area contributed by atoms with E-state index in [0.29, 0.717) is 5.76 Å². The minimum atomic E-state index is -1.24. The minimum Gasteiger partial charge on any atom is -0.503 e. The molecule has 1 aliphatic rings. The molecule has 28 heavy (non-hydrogen) atoms. The van der Waals surface area contributed by atoms with Gasteiger partial charge in [-0.15, -0.1) is 0 Å². The number of halogens is 1. The van der Waals surface area contributed by atoms with Gasteiger partial charge < -0.3 is 9.52 Å². The Kier molecular flexibility index (Phi) is 4.23. The van der Waals surface area contributed by atoms with Crippen molar-refractivity contribution in [1.29, 1.82) is 0 Å². The number of Topliss-reactive ketones (excluding diaryl/α,β-unsaturated/α-hetero) is 1. The summed E-state index contributed by atoms with van der Waals surface area (Å²) in [6.45, 7) is 1.66. The van der Waals surface area contributed by atoms with Crippen LogP contribution in [0.1, 0.15) is 27.9 Å². The maximum absolute atomic E-state index is 14.6. The van der Waals surface area contributed by atoms with Crippen LogP contribution < -0.4 is 4.90 Å². The summed E-state index contributed by atoms with van der Waals surface area (Å²) < 4.78 is 20.0. The first-order valence-corrected chi connectivity index (χ1v) is 8.38. The largest absolute Gasteiger partial charge is 0.503 e. The minimum absolute atomic E-state index is 0.0268. The zero-order valence-electron chi connectivity index (χ0n) is 14.7. The fraction of sp³-hybridized carbons (Fsp3) is 0.100. The normalized spacial score (nSPS) is 16.7. The van der Waals surface area contributed by atoms with Gasteiger partial charge in [-0.2, -0.15) is 0 Å². The summed E-state index contributed by atoms with van der Waals surface area (Å²) in [5.41, 5.74) is -0.268. The molecule has 1 N–H and O–H groups in total. The van der Waals surface area contributed by atoms with E-state index in [9.17, 15) is 19.1 Å². The molecule has 8 heteroatoms. The van der Waals surface area contributed by atoms with Crippen molar-refractivity contribution in [2.75, 3.05) is 4.90 Å². The van der Waals surface area contributed by atoms with Crippen LogP contribution in [0.3, 0.4) is 0 Å². The van der Waals surface area contributed by atoms with E-state index in [1.54, 1.807) is 25.1 Å². The molecule has 1 aliphatic heterocycles. The fourth-order valence-electron chi connectivity index (χ4n) is 3.14. The van der Waals surface area contributed by atoms with E-state index in [1.807, 2.05) is 0 Å². The molecular formula is C20H14FN3O4. The Hall–Kier alpha value is -3.81. The smallest absolute Gasteiger partial charge is 0.296 e. The predicted molar refractivity (Wildman–Crippen MR) is 96.1 cm³/mol. The molecule has 140 valence electrons. The van der Waals surface area contributed by atoms with Crippen molar-refractivity contribution in [1.82, 2.24) is 9.97 Å². The standard InChI is InChI=1S/C20H14FN3O4/c1-11-7-8-14(28-11)17(25)15-16(12-5-2-3-6-13(12)21)24(19(27)18(15)26)20-22-9-4-10-23-20/h2-10,16,26H,1H3/t16-/m0/s1. The molecule has 1 atom stereocenters. The summed E-state index contributed by atoms with van der Waals surface area (Å²) in [6.07, 6.45) is 2.81. The molecule has 7 nitrogen and oxygen atoms in total. The summed E-state index contributed by atoms with van der Waals surface area (Å²) in [5.74, 6) is -2.69. The summed E-state index contributed by atoms with van der Waals surface area (Å²) in [6, 6.07) is 9.02. The second-order valence-corrected chi connectivity index (χ2v) is 6.15. The van der Waals surface area contributed by atoms with Crippen LogP contribution in [-0.4, -0.2) is 26.8 Å². The van der Waals surface area contributed by atoms with Gasteiger partial charge in [-0.1, -0.05) is 18.2 Å². The first kappa shape index (κ1) is 17.6. The highest BCUT2D eigenvalue weighted by Gasteiger charge is 2.47. The lowest BCUT2D eigenvalue weighted by atomic mass is 9.95. The lowest BCUT2D eigenvalue weighted by Gasteiger charge is -2.24. The van der Waals surface area contributed by atoms with Gasteiger partial charge in [0.15, 0.2) is 11.5 Å². The van der Waals surface area contributed by atoms with Gasteiger partial charge in [0.05, 0.1) is 5.57 Å². The molecule has 0 radical (unpaired) electrons. The van der Waals surface area contributed by atoms with Gasteiger partial charge in [0.1, 0.15) is 17.6 Å². The number of rotatable bonds is 4. The maximum Gasteiger partial charge on any atom is 0.296 e. The Morgan fingerprint density at radius 3 is 2.50 bits per heavy atom. The third-order valence-electron chi connectivity index (χ3n) is 4.38. The monoisotopic (exact) mass is 379 g/mol. The number of aliphatic hydroxyl groups is 1. The summed E-state index contributed by atoms with van der Waals surface area (Å²) in [5, 5.41) is 10.5. The van der Waals surface area contributed by atoms with Gasteiger partial charge in [0.2, 0.25) is 11.7 Å². The predicted octanol–water partition coefficient (Wildman–Crippen LogP) is 3.30. The number of hydrogen-bond donors (Lipinski definition) is 1. The Balaban J connectivity index is 1.91. The van der Waals surface area contributed by atoms with Crippen molar-refractivity contribution >= 4 is 17.6 Å².